The number of carbonyl (C=O) groups excluding carboxylic acids is 2. The molecule has 6 nitrogen and oxygen atoms in total. The average molecular weight is 463 g/mol. The molecular weight excluding hydrogens is 443 g/mol. The molecule has 1 spiro atoms. The highest BCUT2D eigenvalue weighted by atomic mass is 35.5. The Bertz CT molecular complexity index is 1090. The average Bonchev–Trinajstić information content (AvgIpc) is 3.06. The standard InChI is InChI=1S/C23H20Cl2O6/c1-12-8-15(26)9-18(30-11-13-4-6-14(24)7-5-13)23(12)22(27)19-16(28-2)10-17(29-3)20(25)21(19)31-23/h4-7,9-10,12H,8,11H2,1-3H3/t12-,23+/m1/s1. The summed E-state index contributed by atoms with van der Waals surface area (Å²) in [6.45, 7) is 1.91. The smallest absolute Gasteiger partial charge is 0.231 e. The maximum Gasteiger partial charge on any atom is 0.231 e. The summed E-state index contributed by atoms with van der Waals surface area (Å²) in [5.74, 6) is -0.113. The van der Waals surface area contributed by atoms with Crippen LogP contribution in [-0.2, 0) is 16.1 Å². The number of hydrogen-bond acceptors (Lipinski definition) is 6. The van der Waals surface area contributed by atoms with Crippen molar-refractivity contribution >= 4 is 34.8 Å². The fraction of sp³-hybridized carbons (Fsp3) is 0.304. The van der Waals surface area contributed by atoms with Crippen LogP contribution in [0.3, 0.4) is 0 Å². The molecule has 4 rings (SSSR count). The Morgan fingerprint density at radius 3 is 2.42 bits per heavy atom. The molecule has 1 aliphatic heterocycles. The van der Waals surface area contributed by atoms with Gasteiger partial charge >= 0.3 is 0 Å². The molecule has 31 heavy (non-hydrogen) atoms. The van der Waals surface area contributed by atoms with Gasteiger partial charge in [0.05, 0.1) is 14.2 Å². The minimum Gasteiger partial charge on any atom is -0.496 e. The number of Topliss-reactive ketones (excluding diaryl/α,β-unsaturated/α-hetero) is 1. The van der Waals surface area contributed by atoms with E-state index in [0.717, 1.165) is 5.56 Å². The number of hydrogen-bond donors (Lipinski definition) is 0. The second-order valence-corrected chi connectivity index (χ2v) is 8.28. The van der Waals surface area contributed by atoms with E-state index in [2.05, 4.69) is 0 Å². The first-order valence-electron chi connectivity index (χ1n) is 9.62. The molecule has 0 N–H and O–H groups in total. The SMILES string of the molecule is COc1cc(OC)c2c(c1Cl)O[C@]1(C2=O)C(OCc2ccc(Cl)cc2)=CC(=O)C[C@H]1C. The maximum absolute atomic E-state index is 13.7. The molecule has 0 bridgehead atoms. The third-order valence-electron chi connectivity index (χ3n) is 5.59. The predicted molar refractivity (Wildman–Crippen MR) is 115 cm³/mol. The lowest BCUT2D eigenvalue weighted by Gasteiger charge is -2.37. The van der Waals surface area contributed by atoms with Crippen LogP contribution in [0.25, 0.3) is 0 Å². The van der Waals surface area contributed by atoms with Gasteiger partial charge in [0.25, 0.3) is 0 Å². The Kier molecular flexibility index (Phi) is 5.62. The van der Waals surface area contributed by atoms with Crippen molar-refractivity contribution in [3.63, 3.8) is 0 Å². The van der Waals surface area contributed by atoms with Gasteiger partial charge in [0.15, 0.2) is 17.3 Å². The highest BCUT2D eigenvalue weighted by molar-refractivity contribution is 6.35. The van der Waals surface area contributed by atoms with Crippen molar-refractivity contribution in [1.82, 2.24) is 0 Å². The quantitative estimate of drug-likeness (QED) is 0.619. The van der Waals surface area contributed by atoms with Crippen LogP contribution in [0.1, 0.15) is 29.3 Å². The molecule has 162 valence electrons. The van der Waals surface area contributed by atoms with Crippen LogP contribution in [0.2, 0.25) is 10.0 Å². The number of ketones is 2. The summed E-state index contributed by atoms with van der Waals surface area (Å²) in [4.78, 5) is 26.1. The fourth-order valence-electron chi connectivity index (χ4n) is 3.98. The molecule has 0 saturated carbocycles. The summed E-state index contributed by atoms with van der Waals surface area (Å²) in [6.07, 6.45) is 1.46. The van der Waals surface area contributed by atoms with Gasteiger partial charge in [0.1, 0.15) is 28.7 Å². The molecule has 8 heteroatoms. The zero-order valence-electron chi connectivity index (χ0n) is 17.2. The molecule has 2 aliphatic rings. The molecule has 0 saturated heterocycles. The van der Waals surface area contributed by atoms with Crippen molar-refractivity contribution in [3.05, 3.63) is 63.3 Å². The molecule has 2 aromatic rings. The molecule has 2 atom stereocenters. The molecule has 0 unspecified atom stereocenters. The van der Waals surface area contributed by atoms with Crippen LogP contribution >= 0.6 is 23.2 Å². The zero-order valence-corrected chi connectivity index (χ0v) is 18.7. The minimum absolute atomic E-state index is 0.130. The maximum atomic E-state index is 13.7. The van der Waals surface area contributed by atoms with Gasteiger partial charge in [-0.05, 0) is 17.7 Å². The summed E-state index contributed by atoms with van der Waals surface area (Å²) >= 11 is 12.4. The molecule has 0 fully saturated rings. The minimum atomic E-state index is -1.52. The largest absolute Gasteiger partial charge is 0.496 e. The highest BCUT2D eigenvalue weighted by Gasteiger charge is 2.60. The summed E-state index contributed by atoms with van der Waals surface area (Å²) in [7, 11) is 2.91. The van der Waals surface area contributed by atoms with Gasteiger partial charge in [-0.15, -0.1) is 0 Å². The van der Waals surface area contributed by atoms with Crippen LogP contribution in [-0.4, -0.2) is 31.4 Å². The first-order chi connectivity index (χ1) is 14.8. The zero-order chi connectivity index (χ0) is 22.3. The highest BCUT2D eigenvalue weighted by Crippen LogP contribution is 2.54. The lowest BCUT2D eigenvalue weighted by molar-refractivity contribution is -0.118. The lowest BCUT2D eigenvalue weighted by Crippen LogP contribution is -2.51. The fourth-order valence-corrected chi connectivity index (χ4v) is 4.37. The monoisotopic (exact) mass is 462 g/mol. The second-order valence-electron chi connectivity index (χ2n) is 7.46. The van der Waals surface area contributed by atoms with Crippen molar-refractivity contribution in [2.24, 2.45) is 5.92 Å². The van der Waals surface area contributed by atoms with E-state index in [1.165, 1.54) is 26.4 Å². The Balaban J connectivity index is 1.77. The van der Waals surface area contributed by atoms with E-state index in [1.807, 2.05) is 0 Å². The summed E-state index contributed by atoms with van der Waals surface area (Å²) in [5, 5.41) is 0.756. The first kappa shape index (κ1) is 21.5. The van der Waals surface area contributed by atoms with Crippen molar-refractivity contribution in [2.45, 2.75) is 25.6 Å². The first-order valence-corrected chi connectivity index (χ1v) is 10.4. The van der Waals surface area contributed by atoms with Gasteiger partial charge in [-0.1, -0.05) is 42.3 Å². The van der Waals surface area contributed by atoms with Gasteiger partial charge in [-0.3, -0.25) is 9.59 Å². The van der Waals surface area contributed by atoms with Crippen molar-refractivity contribution in [1.29, 1.82) is 0 Å². The molecule has 0 aromatic heterocycles. The molecule has 2 aromatic carbocycles. The Labute approximate surface area is 189 Å². The normalized spacial score (nSPS) is 22.1. The van der Waals surface area contributed by atoms with Crippen LogP contribution in [0.4, 0.5) is 0 Å². The molecule has 0 radical (unpaired) electrons. The molecule has 0 amide bonds. The van der Waals surface area contributed by atoms with Gasteiger partial charge in [0.2, 0.25) is 11.4 Å². The van der Waals surface area contributed by atoms with E-state index < -0.39 is 11.5 Å². The van der Waals surface area contributed by atoms with Crippen LogP contribution in [0, 0.1) is 5.92 Å². The third kappa shape index (κ3) is 3.44. The Hall–Kier alpha value is -2.70. The number of benzene rings is 2. The third-order valence-corrected chi connectivity index (χ3v) is 6.20. The summed E-state index contributed by atoms with van der Waals surface area (Å²) in [6, 6.07) is 8.63. The number of rotatable bonds is 5. The van der Waals surface area contributed by atoms with Gasteiger partial charge in [-0.2, -0.15) is 0 Å². The number of fused-ring (bicyclic) bond motifs is 1. The van der Waals surface area contributed by atoms with E-state index in [4.69, 9.17) is 42.1 Å². The van der Waals surface area contributed by atoms with Crippen LogP contribution < -0.4 is 14.2 Å². The lowest BCUT2D eigenvalue weighted by atomic mass is 9.75. The molecule has 1 aliphatic carbocycles. The van der Waals surface area contributed by atoms with E-state index >= 15 is 0 Å². The van der Waals surface area contributed by atoms with E-state index in [1.54, 1.807) is 31.2 Å². The number of allylic oxidation sites excluding steroid dienone is 1. The van der Waals surface area contributed by atoms with Crippen molar-refractivity contribution < 1.29 is 28.5 Å². The van der Waals surface area contributed by atoms with Crippen molar-refractivity contribution in [3.8, 4) is 17.2 Å². The topological polar surface area (TPSA) is 71.1 Å². The number of carbonyl (C=O) groups is 2. The van der Waals surface area contributed by atoms with Crippen LogP contribution in [0.15, 0.2) is 42.2 Å². The van der Waals surface area contributed by atoms with Crippen molar-refractivity contribution in [2.75, 3.05) is 14.2 Å². The van der Waals surface area contributed by atoms with E-state index in [0.29, 0.717) is 10.8 Å². The summed E-state index contributed by atoms with van der Waals surface area (Å²) in [5.41, 5.74) is -0.492. The van der Waals surface area contributed by atoms with E-state index in [9.17, 15) is 9.59 Å². The predicted octanol–water partition coefficient (Wildman–Crippen LogP) is 5.03. The number of ether oxygens (including phenoxy) is 4. The number of methoxy groups -OCH3 is 2. The molecule has 1 heterocycles. The second kappa shape index (κ2) is 8.09. The molecular formula is C23H20Cl2O6. The van der Waals surface area contributed by atoms with Crippen LogP contribution in [0.5, 0.6) is 17.2 Å². The van der Waals surface area contributed by atoms with Gasteiger partial charge < -0.3 is 18.9 Å². The Morgan fingerprint density at radius 1 is 1.10 bits per heavy atom. The summed E-state index contributed by atoms with van der Waals surface area (Å²) < 4.78 is 22.9. The Morgan fingerprint density at radius 2 is 1.77 bits per heavy atom. The van der Waals surface area contributed by atoms with Gasteiger partial charge in [0, 0.05) is 29.5 Å². The van der Waals surface area contributed by atoms with Gasteiger partial charge in [-0.25, -0.2) is 0 Å². The number of halogens is 2. The van der Waals surface area contributed by atoms with E-state index in [-0.39, 0.29) is 52.4 Å².